The summed E-state index contributed by atoms with van der Waals surface area (Å²) in [4.78, 5) is 13.0. The van der Waals surface area contributed by atoms with Crippen LogP contribution in [0.5, 0.6) is 5.75 Å². The Morgan fingerprint density at radius 3 is 2.24 bits per heavy atom. The topological polar surface area (TPSA) is 63.7 Å². The van der Waals surface area contributed by atoms with Gasteiger partial charge in [-0.3, -0.25) is 4.79 Å². The minimum Gasteiger partial charge on any atom is -0.484 e. The van der Waals surface area contributed by atoms with Crippen LogP contribution < -0.4 is 9.04 Å². The van der Waals surface area contributed by atoms with Crippen LogP contribution in [0.15, 0.2) is 77.7 Å². The largest absolute Gasteiger partial charge is 0.484 e. The minimum atomic E-state index is -4.10. The average molecular weight is 430 g/mol. The number of hydrogen-bond donors (Lipinski definition) is 0. The number of ether oxygens (including phenoxy) is 1. The summed E-state index contributed by atoms with van der Waals surface area (Å²) in [5.41, 5.74) is 2.00. The Kier molecular flexibility index (Phi) is 6.25. The third-order valence-corrected chi connectivity index (χ3v) is 6.46. The molecule has 0 saturated heterocycles. The summed E-state index contributed by atoms with van der Waals surface area (Å²) in [5, 5.41) is 0.580. The number of halogens is 1. The van der Waals surface area contributed by atoms with Gasteiger partial charge >= 0.3 is 0 Å². The van der Waals surface area contributed by atoms with Gasteiger partial charge in [0.25, 0.3) is 15.9 Å². The van der Waals surface area contributed by atoms with Crippen molar-refractivity contribution >= 4 is 33.2 Å². The van der Waals surface area contributed by atoms with Gasteiger partial charge in [0, 0.05) is 5.02 Å². The highest BCUT2D eigenvalue weighted by Crippen LogP contribution is 2.25. The maximum atomic E-state index is 13.2. The molecule has 0 bridgehead atoms. The lowest BCUT2D eigenvalue weighted by atomic mass is 10.2. The van der Waals surface area contributed by atoms with Crippen molar-refractivity contribution < 1.29 is 17.9 Å². The van der Waals surface area contributed by atoms with E-state index in [4.69, 9.17) is 16.3 Å². The van der Waals surface area contributed by atoms with Gasteiger partial charge in [0.05, 0.1) is 10.6 Å². The zero-order valence-corrected chi connectivity index (χ0v) is 17.6. The second kappa shape index (κ2) is 8.68. The number of rotatable bonds is 6. The molecular formula is C22H20ClNO4S. The van der Waals surface area contributed by atoms with E-state index in [0.29, 0.717) is 10.8 Å². The second-order valence-corrected chi connectivity index (χ2v) is 8.71. The molecule has 0 atom stereocenters. The Morgan fingerprint density at radius 2 is 1.62 bits per heavy atom. The fraction of sp³-hybridized carbons (Fsp3) is 0.136. The molecule has 3 rings (SSSR count). The quantitative estimate of drug-likeness (QED) is 0.566. The zero-order chi connectivity index (χ0) is 21.0. The van der Waals surface area contributed by atoms with Crippen molar-refractivity contribution in [2.75, 3.05) is 10.9 Å². The Balaban J connectivity index is 1.93. The van der Waals surface area contributed by atoms with Crippen LogP contribution in [0.4, 0.5) is 5.69 Å². The number of aryl methyl sites for hydroxylation is 2. The maximum absolute atomic E-state index is 13.2. The molecule has 1 amide bonds. The zero-order valence-electron chi connectivity index (χ0n) is 16.0. The molecule has 0 unspecified atom stereocenters. The first-order valence-electron chi connectivity index (χ1n) is 8.88. The summed E-state index contributed by atoms with van der Waals surface area (Å²) in [5.74, 6) is -0.272. The van der Waals surface area contributed by atoms with Crippen LogP contribution in [0.3, 0.4) is 0 Å². The predicted molar refractivity (Wildman–Crippen MR) is 114 cm³/mol. The third kappa shape index (κ3) is 4.78. The van der Waals surface area contributed by atoms with Crippen molar-refractivity contribution in [3.05, 3.63) is 88.9 Å². The molecular weight excluding hydrogens is 410 g/mol. The molecule has 0 aliphatic rings. The lowest BCUT2D eigenvalue weighted by Gasteiger charge is -2.23. The van der Waals surface area contributed by atoms with E-state index >= 15 is 0 Å². The fourth-order valence-corrected chi connectivity index (χ4v) is 4.25. The first-order chi connectivity index (χ1) is 13.8. The molecule has 150 valence electrons. The average Bonchev–Trinajstić information content (AvgIpc) is 2.71. The third-order valence-electron chi connectivity index (χ3n) is 4.27. The molecule has 7 heteroatoms. The fourth-order valence-electron chi connectivity index (χ4n) is 2.71. The first kappa shape index (κ1) is 20.9. The lowest BCUT2D eigenvalue weighted by molar-refractivity contribution is -0.119. The molecule has 0 N–H and O–H groups in total. The van der Waals surface area contributed by atoms with E-state index in [1.165, 1.54) is 12.1 Å². The van der Waals surface area contributed by atoms with Crippen LogP contribution in [0.1, 0.15) is 11.1 Å². The molecule has 0 aliphatic carbocycles. The van der Waals surface area contributed by atoms with E-state index in [9.17, 15) is 13.2 Å². The molecule has 0 saturated carbocycles. The van der Waals surface area contributed by atoms with Crippen LogP contribution in [-0.2, 0) is 14.8 Å². The number of carbonyl (C=O) groups excluding carboxylic acids is 1. The van der Waals surface area contributed by atoms with Gasteiger partial charge in [-0.05, 0) is 61.9 Å². The molecule has 0 spiro atoms. The predicted octanol–water partition coefficient (Wildman–Crippen LogP) is 4.76. The van der Waals surface area contributed by atoms with Gasteiger partial charge in [-0.1, -0.05) is 47.5 Å². The van der Waals surface area contributed by atoms with Crippen molar-refractivity contribution in [2.24, 2.45) is 0 Å². The second-order valence-electron chi connectivity index (χ2n) is 6.51. The smallest absolute Gasteiger partial charge is 0.278 e. The number of carbonyl (C=O) groups is 1. The van der Waals surface area contributed by atoms with E-state index in [2.05, 4.69) is 0 Å². The summed E-state index contributed by atoms with van der Waals surface area (Å²) < 4.78 is 32.7. The van der Waals surface area contributed by atoms with Gasteiger partial charge in [0.1, 0.15) is 5.75 Å². The van der Waals surface area contributed by atoms with Gasteiger partial charge in [-0.2, -0.15) is 4.31 Å². The van der Waals surface area contributed by atoms with E-state index in [1.54, 1.807) is 60.7 Å². The highest BCUT2D eigenvalue weighted by molar-refractivity contribution is 7.93. The van der Waals surface area contributed by atoms with Crippen molar-refractivity contribution in [2.45, 2.75) is 18.7 Å². The molecule has 29 heavy (non-hydrogen) atoms. The SMILES string of the molecule is Cc1ccc(N(C(=O)COc2ccc(Cl)c(C)c2)S(=O)(=O)c2ccccc2)cc1. The highest BCUT2D eigenvalue weighted by atomic mass is 35.5. The summed E-state index contributed by atoms with van der Waals surface area (Å²) in [6.07, 6.45) is 0. The Hall–Kier alpha value is -2.83. The Labute approximate surface area is 175 Å². The van der Waals surface area contributed by atoms with Crippen LogP contribution >= 0.6 is 11.6 Å². The normalized spacial score (nSPS) is 11.1. The number of nitrogens with zero attached hydrogens (tertiary/aromatic N) is 1. The monoisotopic (exact) mass is 429 g/mol. The van der Waals surface area contributed by atoms with Crippen molar-refractivity contribution in [3.8, 4) is 5.75 Å². The van der Waals surface area contributed by atoms with E-state index in [0.717, 1.165) is 15.4 Å². The number of sulfonamides is 1. The molecule has 0 aromatic heterocycles. The van der Waals surface area contributed by atoms with E-state index < -0.39 is 22.5 Å². The van der Waals surface area contributed by atoms with Gasteiger partial charge < -0.3 is 4.74 Å². The first-order valence-corrected chi connectivity index (χ1v) is 10.7. The number of hydrogen-bond acceptors (Lipinski definition) is 4. The van der Waals surface area contributed by atoms with Crippen LogP contribution in [0.2, 0.25) is 5.02 Å². The summed E-state index contributed by atoms with van der Waals surface area (Å²) >= 11 is 6.00. The van der Waals surface area contributed by atoms with E-state index in [-0.39, 0.29) is 10.6 Å². The van der Waals surface area contributed by atoms with Crippen LogP contribution in [0.25, 0.3) is 0 Å². The van der Waals surface area contributed by atoms with Crippen molar-refractivity contribution in [1.29, 1.82) is 0 Å². The number of benzene rings is 3. The maximum Gasteiger partial charge on any atom is 0.278 e. The number of anilines is 1. The standard InChI is InChI=1S/C22H20ClNO4S/c1-16-8-10-18(11-9-16)24(29(26,27)20-6-4-3-5-7-20)22(25)15-28-19-12-13-21(23)17(2)14-19/h3-14H,15H2,1-2H3. The van der Waals surface area contributed by atoms with Crippen molar-refractivity contribution in [1.82, 2.24) is 0 Å². The lowest BCUT2D eigenvalue weighted by Crippen LogP contribution is -2.40. The van der Waals surface area contributed by atoms with Gasteiger partial charge in [0.2, 0.25) is 0 Å². The highest BCUT2D eigenvalue weighted by Gasteiger charge is 2.31. The molecule has 0 fully saturated rings. The summed E-state index contributed by atoms with van der Waals surface area (Å²) in [7, 11) is -4.10. The Bertz CT molecular complexity index is 1110. The number of amides is 1. The van der Waals surface area contributed by atoms with Gasteiger partial charge in [-0.25, -0.2) is 8.42 Å². The summed E-state index contributed by atoms with van der Waals surface area (Å²) in [6.45, 7) is 3.25. The Morgan fingerprint density at radius 1 is 0.966 bits per heavy atom. The van der Waals surface area contributed by atoms with Crippen LogP contribution in [0, 0.1) is 13.8 Å². The van der Waals surface area contributed by atoms with Gasteiger partial charge in [-0.15, -0.1) is 0 Å². The van der Waals surface area contributed by atoms with Crippen molar-refractivity contribution in [3.63, 3.8) is 0 Å². The molecule has 3 aromatic rings. The molecule has 0 heterocycles. The molecule has 5 nitrogen and oxygen atoms in total. The van der Waals surface area contributed by atoms with E-state index in [1.807, 2.05) is 13.8 Å². The molecule has 0 aliphatic heterocycles. The summed E-state index contributed by atoms with van der Waals surface area (Å²) in [6, 6.07) is 19.5. The minimum absolute atomic E-state index is 0.0243. The molecule has 3 aromatic carbocycles. The van der Waals surface area contributed by atoms with Gasteiger partial charge in [0.15, 0.2) is 6.61 Å². The van der Waals surface area contributed by atoms with Crippen LogP contribution in [-0.4, -0.2) is 20.9 Å². The molecule has 0 radical (unpaired) electrons.